The standard InChI is InChI=1S/C15H22FN3O/c1-3-19-6-4-14(5-7-19)18(2)15(20)11-8-12(16)10-13(17)9-11/h8-10,14H,3-7,17H2,1-2H3. The molecule has 0 aliphatic carbocycles. The Balaban J connectivity index is 2.05. The number of piperidine rings is 1. The third-order valence-electron chi connectivity index (χ3n) is 4.04. The van der Waals surface area contributed by atoms with E-state index in [1.807, 2.05) is 0 Å². The van der Waals surface area contributed by atoms with Gasteiger partial charge in [0.15, 0.2) is 0 Å². The smallest absolute Gasteiger partial charge is 0.254 e. The first kappa shape index (κ1) is 14.8. The van der Waals surface area contributed by atoms with Crippen LogP contribution in [0.15, 0.2) is 18.2 Å². The van der Waals surface area contributed by atoms with Gasteiger partial charge in [-0.05, 0) is 37.6 Å². The van der Waals surface area contributed by atoms with Crippen LogP contribution in [0.2, 0.25) is 0 Å². The zero-order chi connectivity index (χ0) is 14.7. The maximum absolute atomic E-state index is 13.3. The average Bonchev–Trinajstić information content (AvgIpc) is 2.45. The van der Waals surface area contributed by atoms with E-state index in [1.54, 1.807) is 11.9 Å². The van der Waals surface area contributed by atoms with E-state index in [4.69, 9.17) is 5.73 Å². The van der Waals surface area contributed by atoms with Crippen LogP contribution in [0.4, 0.5) is 10.1 Å². The third-order valence-corrected chi connectivity index (χ3v) is 4.04. The maximum Gasteiger partial charge on any atom is 0.254 e. The number of nitrogens with two attached hydrogens (primary N) is 1. The Bertz CT molecular complexity index is 464. The molecule has 1 saturated heterocycles. The van der Waals surface area contributed by atoms with Gasteiger partial charge in [0.05, 0.1) is 0 Å². The number of anilines is 1. The number of likely N-dealkylation sites (tertiary alicyclic amines) is 1. The lowest BCUT2D eigenvalue weighted by atomic mass is 10.0. The minimum Gasteiger partial charge on any atom is -0.399 e. The molecule has 4 nitrogen and oxygen atoms in total. The molecule has 1 aromatic rings. The predicted octanol–water partition coefficient (Wildman–Crippen LogP) is 1.96. The van der Waals surface area contributed by atoms with Crippen LogP contribution in [-0.2, 0) is 0 Å². The van der Waals surface area contributed by atoms with Gasteiger partial charge in [-0.1, -0.05) is 6.92 Å². The van der Waals surface area contributed by atoms with Crippen LogP contribution in [-0.4, -0.2) is 48.4 Å². The summed E-state index contributed by atoms with van der Waals surface area (Å²) < 4.78 is 13.3. The number of nitrogens with zero attached hydrogens (tertiary/aromatic N) is 2. The van der Waals surface area contributed by atoms with Crippen LogP contribution in [0.1, 0.15) is 30.1 Å². The monoisotopic (exact) mass is 279 g/mol. The Morgan fingerprint density at radius 2 is 2.05 bits per heavy atom. The van der Waals surface area contributed by atoms with Crippen molar-refractivity contribution in [1.82, 2.24) is 9.80 Å². The Morgan fingerprint density at radius 3 is 2.60 bits per heavy atom. The summed E-state index contributed by atoms with van der Waals surface area (Å²) in [4.78, 5) is 16.5. The molecule has 1 fully saturated rings. The van der Waals surface area contributed by atoms with Crippen molar-refractivity contribution in [2.45, 2.75) is 25.8 Å². The van der Waals surface area contributed by atoms with Crippen LogP contribution >= 0.6 is 0 Å². The van der Waals surface area contributed by atoms with E-state index >= 15 is 0 Å². The van der Waals surface area contributed by atoms with Crippen molar-refractivity contribution in [3.05, 3.63) is 29.6 Å². The Hall–Kier alpha value is -1.62. The Labute approximate surface area is 119 Å². The van der Waals surface area contributed by atoms with Gasteiger partial charge in [-0.25, -0.2) is 4.39 Å². The van der Waals surface area contributed by atoms with Crippen LogP contribution in [0, 0.1) is 5.82 Å². The number of carbonyl (C=O) groups excluding carboxylic acids is 1. The van der Waals surface area contributed by atoms with Crippen molar-refractivity contribution in [1.29, 1.82) is 0 Å². The lowest BCUT2D eigenvalue weighted by Gasteiger charge is -2.36. The Morgan fingerprint density at radius 1 is 1.40 bits per heavy atom. The molecular weight excluding hydrogens is 257 g/mol. The van der Waals surface area contributed by atoms with Crippen LogP contribution < -0.4 is 5.73 Å². The normalized spacial score (nSPS) is 17.1. The molecule has 0 radical (unpaired) electrons. The number of nitrogen functional groups attached to an aromatic ring is 1. The number of benzene rings is 1. The van der Waals surface area contributed by atoms with Gasteiger partial charge in [0.1, 0.15) is 5.82 Å². The second kappa shape index (κ2) is 6.22. The van der Waals surface area contributed by atoms with E-state index in [1.165, 1.54) is 18.2 Å². The highest BCUT2D eigenvalue weighted by Gasteiger charge is 2.25. The molecule has 1 aromatic carbocycles. The molecule has 0 aromatic heterocycles. The van der Waals surface area contributed by atoms with E-state index in [0.717, 1.165) is 32.5 Å². The van der Waals surface area contributed by atoms with Gasteiger partial charge >= 0.3 is 0 Å². The predicted molar refractivity (Wildman–Crippen MR) is 78.0 cm³/mol. The van der Waals surface area contributed by atoms with E-state index in [9.17, 15) is 9.18 Å². The van der Waals surface area contributed by atoms with Crippen molar-refractivity contribution in [2.75, 3.05) is 32.4 Å². The van der Waals surface area contributed by atoms with Crippen LogP contribution in [0.3, 0.4) is 0 Å². The summed E-state index contributed by atoms with van der Waals surface area (Å²) >= 11 is 0. The molecule has 0 atom stereocenters. The first-order valence-electron chi connectivity index (χ1n) is 7.07. The second-order valence-corrected chi connectivity index (χ2v) is 5.35. The molecule has 0 unspecified atom stereocenters. The van der Waals surface area contributed by atoms with Crippen LogP contribution in [0.25, 0.3) is 0 Å². The molecule has 1 amide bonds. The summed E-state index contributed by atoms with van der Waals surface area (Å²) in [5.74, 6) is -0.631. The summed E-state index contributed by atoms with van der Waals surface area (Å²) in [5.41, 5.74) is 6.20. The van der Waals surface area contributed by atoms with Gasteiger partial charge in [0.2, 0.25) is 0 Å². The molecule has 1 aliphatic heterocycles. The van der Waals surface area contributed by atoms with E-state index in [-0.39, 0.29) is 17.6 Å². The van der Waals surface area contributed by atoms with Crippen LogP contribution in [0.5, 0.6) is 0 Å². The molecule has 2 N–H and O–H groups in total. The fraction of sp³-hybridized carbons (Fsp3) is 0.533. The molecule has 0 spiro atoms. The van der Waals surface area contributed by atoms with Gasteiger partial charge in [-0.15, -0.1) is 0 Å². The first-order valence-corrected chi connectivity index (χ1v) is 7.07. The van der Waals surface area contributed by atoms with Crippen molar-refractivity contribution in [2.24, 2.45) is 0 Å². The van der Waals surface area contributed by atoms with E-state index in [0.29, 0.717) is 5.56 Å². The molecule has 1 aliphatic rings. The van der Waals surface area contributed by atoms with Crippen molar-refractivity contribution < 1.29 is 9.18 Å². The van der Waals surface area contributed by atoms with Gasteiger partial charge in [0, 0.05) is 37.4 Å². The number of halogens is 1. The third kappa shape index (κ3) is 3.28. The summed E-state index contributed by atoms with van der Waals surface area (Å²) in [6.07, 6.45) is 1.92. The zero-order valence-electron chi connectivity index (χ0n) is 12.1. The molecule has 5 heteroatoms. The van der Waals surface area contributed by atoms with Gasteiger partial charge in [0.25, 0.3) is 5.91 Å². The maximum atomic E-state index is 13.3. The highest BCUT2D eigenvalue weighted by molar-refractivity contribution is 5.95. The van der Waals surface area contributed by atoms with Gasteiger partial charge in [-0.2, -0.15) is 0 Å². The largest absolute Gasteiger partial charge is 0.399 e. The summed E-state index contributed by atoms with van der Waals surface area (Å²) in [6.45, 7) is 5.20. The van der Waals surface area contributed by atoms with Crippen molar-refractivity contribution in [3.8, 4) is 0 Å². The molecule has 110 valence electrons. The minimum atomic E-state index is -0.470. The summed E-state index contributed by atoms with van der Waals surface area (Å²) in [6, 6.07) is 4.21. The Kier molecular flexibility index (Phi) is 4.60. The highest BCUT2D eigenvalue weighted by Crippen LogP contribution is 2.19. The minimum absolute atomic E-state index is 0.161. The summed E-state index contributed by atoms with van der Waals surface area (Å²) in [5, 5.41) is 0. The lowest BCUT2D eigenvalue weighted by molar-refractivity contribution is 0.0646. The average molecular weight is 279 g/mol. The SMILES string of the molecule is CCN1CCC(N(C)C(=O)c2cc(N)cc(F)c2)CC1. The number of hydrogen-bond donors (Lipinski definition) is 1. The van der Waals surface area contributed by atoms with Gasteiger partial charge in [-0.3, -0.25) is 4.79 Å². The molecule has 20 heavy (non-hydrogen) atoms. The molecule has 0 bridgehead atoms. The number of rotatable bonds is 3. The lowest BCUT2D eigenvalue weighted by Crippen LogP contribution is -2.45. The quantitative estimate of drug-likeness (QED) is 0.861. The number of carbonyl (C=O) groups is 1. The van der Waals surface area contributed by atoms with Crippen molar-refractivity contribution in [3.63, 3.8) is 0 Å². The van der Waals surface area contributed by atoms with E-state index in [2.05, 4.69) is 11.8 Å². The molecule has 0 saturated carbocycles. The number of hydrogen-bond acceptors (Lipinski definition) is 3. The fourth-order valence-corrected chi connectivity index (χ4v) is 2.73. The zero-order valence-corrected chi connectivity index (χ0v) is 12.1. The molecule has 2 rings (SSSR count). The first-order chi connectivity index (χ1) is 9.51. The topological polar surface area (TPSA) is 49.6 Å². The van der Waals surface area contributed by atoms with Crippen molar-refractivity contribution >= 4 is 11.6 Å². The number of amides is 1. The fourth-order valence-electron chi connectivity index (χ4n) is 2.73. The summed E-state index contributed by atoms with van der Waals surface area (Å²) in [7, 11) is 1.79. The van der Waals surface area contributed by atoms with E-state index < -0.39 is 5.82 Å². The highest BCUT2D eigenvalue weighted by atomic mass is 19.1. The van der Waals surface area contributed by atoms with Gasteiger partial charge < -0.3 is 15.5 Å². The second-order valence-electron chi connectivity index (χ2n) is 5.35. The molecular formula is C15H22FN3O. The molecule has 1 heterocycles.